The van der Waals surface area contributed by atoms with Gasteiger partial charge in [-0.2, -0.15) is 0 Å². The summed E-state index contributed by atoms with van der Waals surface area (Å²) in [6.07, 6.45) is 2.71. The predicted octanol–water partition coefficient (Wildman–Crippen LogP) is 0.649. The van der Waals surface area contributed by atoms with Crippen molar-refractivity contribution in [2.45, 2.75) is 19.8 Å². The maximum atomic E-state index is 3.37. The van der Waals surface area contributed by atoms with Crippen LogP contribution in [0.2, 0.25) is 0 Å². The van der Waals surface area contributed by atoms with Crippen LogP contribution < -0.4 is 5.32 Å². The molecule has 0 radical (unpaired) electrons. The van der Waals surface area contributed by atoms with Crippen LogP contribution in [0.4, 0.5) is 0 Å². The second-order valence-electron chi connectivity index (χ2n) is 2.58. The van der Waals surface area contributed by atoms with Crippen molar-refractivity contribution in [3.63, 3.8) is 0 Å². The molecule has 1 fully saturated rings. The first-order chi connectivity index (χ1) is 4.43. The highest BCUT2D eigenvalue weighted by Crippen LogP contribution is 1.96. The van der Waals surface area contributed by atoms with E-state index >= 15 is 0 Å². The Bertz CT molecular complexity index is 65.3. The molecule has 0 spiro atoms. The fourth-order valence-electron chi connectivity index (χ4n) is 1.17. The molecule has 1 saturated heterocycles. The first-order valence-corrected chi connectivity index (χ1v) is 3.86. The van der Waals surface area contributed by atoms with Gasteiger partial charge < -0.3 is 5.32 Å². The molecular weight excluding hydrogens is 112 g/mol. The molecule has 1 aliphatic heterocycles. The average molecular weight is 128 g/mol. The minimum Gasteiger partial charge on any atom is -0.304 e. The summed E-state index contributed by atoms with van der Waals surface area (Å²) in [7, 11) is 0. The maximum Gasteiger partial charge on any atom is 0.0480 e. The molecule has 2 heteroatoms. The van der Waals surface area contributed by atoms with Crippen LogP contribution in [-0.2, 0) is 0 Å². The van der Waals surface area contributed by atoms with Crippen LogP contribution in [-0.4, -0.2) is 31.2 Å². The number of nitrogens with zero attached hydrogens (tertiary/aromatic N) is 1. The summed E-state index contributed by atoms with van der Waals surface area (Å²) < 4.78 is 0. The van der Waals surface area contributed by atoms with Gasteiger partial charge in [0.15, 0.2) is 0 Å². The summed E-state index contributed by atoms with van der Waals surface area (Å²) in [4.78, 5) is 2.44. The van der Waals surface area contributed by atoms with Gasteiger partial charge in [-0.3, -0.25) is 4.90 Å². The first kappa shape index (κ1) is 7.03. The minimum absolute atomic E-state index is 1.09. The van der Waals surface area contributed by atoms with Crippen molar-refractivity contribution >= 4 is 0 Å². The van der Waals surface area contributed by atoms with Crippen molar-refractivity contribution < 1.29 is 0 Å². The molecule has 0 bridgehead atoms. The quantitative estimate of drug-likeness (QED) is 0.558. The Labute approximate surface area is 57.2 Å². The summed E-state index contributed by atoms with van der Waals surface area (Å²) in [5, 5.41) is 3.37. The highest BCUT2D eigenvalue weighted by Gasteiger charge is 2.03. The van der Waals surface area contributed by atoms with Crippen molar-refractivity contribution in [3.05, 3.63) is 0 Å². The molecule has 9 heavy (non-hydrogen) atoms. The van der Waals surface area contributed by atoms with Crippen LogP contribution in [0.25, 0.3) is 0 Å². The predicted molar refractivity (Wildman–Crippen MR) is 39.4 cm³/mol. The van der Waals surface area contributed by atoms with Gasteiger partial charge in [-0.15, -0.1) is 0 Å². The van der Waals surface area contributed by atoms with E-state index in [1.54, 1.807) is 0 Å². The zero-order chi connectivity index (χ0) is 6.53. The smallest absolute Gasteiger partial charge is 0.0480 e. The van der Waals surface area contributed by atoms with Gasteiger partial charge in [0.25, 0.3) is 0 Å². The highest BCUT2D eigenvalue weighted by molar-refractivity contribution is 4.59. The lowest BCUT2D eigenvalue weighted by atomic mass is 10.3. The van der Waals surface area contributed by atoms with Gasteiger partial charge in [0.05, 0.1) is 0 Å². The van der Waals surface area contributed by atoms with Gasteiger partial charge in [-0.1, -0.05) is 6.92 Å². The molecule has 2 nitrogen and oxygen atoms in total. The van der Waals surface area contributed by atoms with E-state index in [0.29, 0.717) is 0 Å². The van der Waals surface area contributed by atoms with E-state index < -0.39 is 0 Å². The number of nitrogens with one attached hydrogen (secondary N) is 1. The molecule has 1 heterocycles. The van der Waals surface area contributed by atoms with E-state index in [1.165, 1.54) is 32.5 Å². The Kier molecular flexibility index (Phi) is 3.01. The molecule has 0 amide bonds. The molecule has 0 unspecified atom stereocenters. The third kappa shape index (κ3) is 2.33. The van der Waals surface area contributed by atoms with E-state index in [9.17, 15) is 0 Å². The third-order valence-corrected chi connectivity index (χ3v) is 1.86. The summed E-state index contributed by atoms with van der Waals surface area (Å²) in [6, 6.07) is 0. The fourth-order valence-corrected chi connectivity index (χ4v) is 1.17. The van der Waals surface area contributed by atoms with Gasteiger partial charge >= 0.3 is 0 Å². The standard InChI is InChI=1S/C7H16N2/c1-2-9-6-4-3-5-8-7-9/h8H,2-7H2,1H3. The Morgan fingerprint density at radius 2 is 2.33 bits per heavy atom. The summed E-state index contributed by atoms with van der Waals surface area (Å²) in [5.74, 6) is 0. The number of hydrogen-bond donors (Lipinski definition) is 1. The summed E-state index contributed by atoms with van der Waals surface area (Å²) in [6.45, 7) is 6.98. The zero-order valence-electron chi connectivity index (χ0n) is 6.19. The Balaban J connectivity index is 2.18. The van der Waals surface area contributed by atoms with Gasteiger partial charge in [-0.05, 0) is 32.5 Å². The molecular formula is C7H16N2. The van der Waals surface area contributed by atoms with Gasteiger partial charge in [0.1, 0.15) is 0 Å². The normalized spacial score (nSPS) is 23.7. The molecule has 1 rings (SSSR count). The minimum atomic E-state index is 1.09. The van der Waals surface area contributed by atoms with Crippen LogP contribution in [0.1, 0.15) is 19.8 Å². The molecule has 0 aliphatic carbocycles. The van der Waals surface area contributed by atoms with Crippen molar-refractivity contribution in [1.82, 2.24) is 10.2 Å². The van der Waals surface area contributed by atoms with E-state index in [1.807, 2.05) is 0 Å². The largest absolute Gasteiger partial charge is 0.304 e. The van der Waals surface area contributed by atoms with Gasteiger partial charge in [0, 0.05) is 6.67 Å². The van der Waals surface area contributed by atoms with Crippen molar-refractivity contribution in [2.75, 3.05) is 26.3 Å². The zero-order valence-corrected chi connectivity index (χ0v) is 6.19. The van der Waals surface area contributed by atoms with E-state index in [4.69, 9.17) is 0 Å². The lowest BCUT2D eigenvalue weighted by molar-refractivity contribution is 0.286. The topological polar surface area (TPSA) is 15.3 Å². The third-order valence-electron chi connectivity index (χ3n) is 1.86. The van der Waals surface area contributed by atoms with Crippen LogP contribution in [0.15, 0.2) is 0 Å². The molecule has 0 aromatic rings. The Hall–Kier alpha value is -0.0800. The lowest BCUT2D eigenvalue weighted by Gasteiger charge is -2.16. The highest BCUT2D eigenvalue weighted by atomic mass is 15.2. The SMILES string of the molecule is CCN1CCCCNC1. The molecule has 0 saturated carbocycles. The summed E-state index contributed by atoms with van der Waals surface area (Å²) in [5.41, 5.74) is 0. The van der Waals surface area contributed by atoms with Crippen LogP contribution in [0.3, 0.4) is 0 Å². The van der Waals surface area contributed by atoms with Crippen molar-refractivity contribution in [1.29, 1.82) is 0 Å². The van der Waals surface area contributed by atoms with E-state index in [2.05, 4.69) is 17.1 Å². The number of rotatable bonds is 1. The van der Waals surface area contributed by atoms with Crippen molar-refractivity contribution in [2.24, 2.45) is 0 Å². The monoisotopic (exact) mass is 128 g/mol. The van der Waals surface area contributed by atoms with Crippen molar-refractivity contribution in [3.8, 4) is 0 Å². The maximum absolute atomic E-state index is 3.37. The molecule has 0 aromatic carbocycles. The fraction of sp³-hybridized carbons (Fsp3) is 1.00. The number of hydrogen-bond acceptors (Lipinski definition) is 2. The summed E-state index contributed by atoms with van der Waals surface area (Å²) >= 11 is 0. The average Bonchev–Trinajstić information content (AvgIpc) is 2.13. The van der Waals surface area contributed by atoms with Crippen LogP contribution in [0, 0.1) is 0 Å². The van der Waals surface area contributed by atoms with Crippen LogP contribution >= 0.6 is 0 Å². The second kappa shape index (κ2) is 3.85. The Morgan fingerprint density at radius 3 is 3.11 bits per heavy atom. The molecule has 1 N–H and O–H groups in total. The molecule has 0 atom stereocenters. The molecule has 54 valence electrons. The first-order valence-electron chi connectivity index (χ1n) is 3.86. The van der Waals surface area contributed by atoms with E-state index in [0.717, 1.165) is 6.67 Å². The van der Waals surface area contributed by atoms with Gasteiger partial charge in [-0.25, -0.2) is 0 Å². The van der Waals surface area contributed by atoms with Crippen LogP contribution in [0.5, 0.6) is 0 Å². The van der Waals surface area contributed by atoms with E-state index in [-0.39, 0.29) is 0 Å². The second-order valence-corrected chi connectivity index (χ2v) is 2.58. The molecule has 0 aromatic heterocycles. The Morgan fingerprint density at radius 1 is 1.44 bits per heavy atom. The molecule has 1 aliphatic rings. The lowest BCUT2D eigenvalue weighted by Crippen LogP contribution is -2.31. The van der Waals surface area contributed by atoms with Gasteiger partial charge in [0.2, 0.25) is 0 Å².